The molecule has 0 aliphatic carbocycles. The van der Waals surface area contributed by atoms with Gasteiger partial charge in [-0.25, -0.2) is 0 Å². The van der Waals surface area contributed by atoms with E-state index in [0.717, 1.165) is 13.1 Å². The van der Waals surface area contributed by atoms with Gasteiger partial charge < -0.3 is 10.2 Å². The number of anilines is 2. The molecule has 21 heavy (non-hydrogen) atoms. The zero-order valence-electron chi connectivity index (χ0n) is 12.2. The molecule has 0 radical (unpaired) electrons. The largest absolute Gasteiger partial charge is 0.349 e. The van der Waals surface area contributed by atoms with Gasteiger partial charge in [-0.1, -0.05) is 0 Å². The molecule has 0 atom stereocenters. The molecule has 7 heteroatoms. The lowest BCUT2D eigenvalue weighted by Gasteiger charge is -2.15. The topological polar surface area (TPSA) is 53.9 Å². The number of hydrogen-bond acceptors (Lipinski definition) is 6. The summed E-state index contributed by atoms with van der Waals surface area (Å²) in [5, 5.41) is 3.49. The Balaban J connectivity index is 1.72. The average Bonchev–Trinajstić information content (AvgIpc) is 3.07. The molecule has 0 amide bonds. The maximum absolute atomic E-state index is 6.01. The standard InChI is InChI=1S/C14H18ClN5S/c1-9-7-11(21-10(9)2)8-16-13-17-12(15)18-14(19-13)20-5-3-4-6-20/h7H,3-6,8H2,1-2H3,(H,16,17,18,19). The van der Waals surface area contributed by atoms with Crippen LogP contribution >= 0.6 is 22.9 Å². The van der Waals surface area contributed by atoms with Crippen LogP contribution in [-0.4, -0.2) is 28.0 Å². The first-order chi connectivity index (χ1) is 10.1. The predicted molar refractivity (Wildman–Crippen MR) is 87.4 cm³/mol. The summed E-state index contributed by atoms with van der Waals surface area (Å²) in [5.74, 6) is 1.22. The van der Waals surface area contributed by atoms with Crippen LogP contribution in [0, 0.1) is 13.8 Å². The highest BCUT2D eigenvalue weighted by molar-refractivity contribution is 7.12. The predicted octanol–water partition coefficient (Wildman–Crippen LogP) is 3.42. The summed E-state index contributed by atoms with van der Waals surface area (Å²) in [6.07, 6.45) is 2.36. The zero-order chi connectivity index (χ0) is 14.8. The van der Waals surface area contributed by atoms with E-state index in [9.17, 15) is 0 Å². The minimum atomic E-state index is 0.243. The maximum atomic E-state index is 6.01. The molecule has 0 bridgehead atoms. The van der Waals surface area contributed by atoms with Gasteiger partial charge >= 0.3 is 0 Å². The fourth-order valence-corrected chi connectivity index (χ4v) is 3.53. The van der Waals surface area contributed by atoms with Crippen LogP contribution in [0.2, 0.25) is 5.28 Å². The minimum Gasteiger partial charge on any atom is -0.349 e. The molecule has 2 aromatic heterocycles. The first-order valence-electron chi connectivity index (χ1n) is 7.08. The van der Waals surface area contributed by atoms with Crippen LogP contribution in [0.5, 0.6) is 0 Å². The Bertz CT molecular complexity index is 617. The number of thiophene rings is 1. The molecular weight excluding hydrogens is 306 g/mol. The molecule has 0 unspecified atom stereocenters. The van der Waals surface area contributed by atoms with E-state index in [1.165, 1.54) is 28.2 Å². The molecular formula is C14H18ClN5S. The van der Waals surface area contributed by atoms with Gasteiger partial charge in [0.1, 0.15) is 0 Å². The van der Waals surface area contributed by atoms with Gasteiger partial charge in [0.2, 0.25) is 17.2 Å². The maximum Gasteiger partial charge on any atom is 0.231 e. The fourth-order valence-electron chi connectivity index (χ4n) is 2.38. The molecule has 0 spiro atoms. The molecule has 3 rings (SSSR count). The quantitative estimate of drug-likeness (QED) is 0.934. The van der Waals surface area contributed by atoms with Crippen molar-refractivity contribution in [1.82, 2.24) is 15.0 Å². The number of nitrogens with one attached hydrogen (secondary N) is 1. The van der Waals surface area contributed by atoms with Gasteiger partial charge in [0, 0.05) is 22.8 Å². The Morgan fingerprint density at radius 1 is 1.24 bits per heavy atom. The number of rotatable bonds is 4. The number of aromatic nitrogens is 3. The van der Waals surface area contributed by atoms with Gasteiger partial charge in [-0.05, 0) is 49.9 Å². The van der Waals surface area contributed by atoms with Crippen LogP contribution in [0.1, 0.15) is 28.2 Å². The second kappa shape index (κ2) is 6.15. The van der Waals surface area contributed by atoms with E-state index in [-0.39, 0.29) is 5.28 Å². The third kappa shape index (κ3) is 3.44. The first-order valence-corrected chi connectivity index (χ1v) is 8.27. The van der Waals surface area contributed by atoms with Gasteiger partial charge in [0.15, 0.2) is 0 Å². The van der Waals surface area contributed by atoms with Crippen LogP contribution in [-0.2, 0) is 6.54 Å². The Morgan fingerprint density at radius 2 is 2.00 bits per heavy atom. The molecule has 1 saturated heterocycles. The Kier molecular flexibility index (Phi) is 4.26. The van der Waals surface area contributed by atoms with Crippen molar-refractivity contribution in [2.45, 2.75) is 33.2 Å². The summed E-state index contributed by atoms with van der Waals surface area (Å²) >= 11 is 7.80. The lowest BCUT2D eigenvalue weighted by Crippen LogP contribution is -2.21. The van der Waals surface area contributed by atoms with Crippen molar-refractivity contribution in [3.05, 3.63) is 26.7 Å². The van der Waals surface area contributed by atoms with Gasteiger partial charge in [0.25, 0.3) is 0 Å². The van der Waals surface area contributed by atoms with Crippen LogP contribution in [0.25, 0.3) is 0 Å². The third-order valence-corrected chi connectivity index (χ3v) is 4.94. The summed E-state index contributed by atoms with van der Waals surface area (Å²) in [4.78, 5) is 17.6. The third-order valence-electron chi connectivity index (χ3n) is 3.62. The highest BCUT2D eigenvalue weighted by Crippen LogP contribution is 2.22. The minimum absolute atomic E-state index is 0.243. The van der Waals surface area contributed by atoms with Crippen LogP contribution in [0.4, 0.5) is 11.9 Å². The summed E-state index contributed by atoms with van der Waals surface area (Å²) < 4.78 is 0. The molecule has 1 N–H and O–H groups in total. The van der Waals surface area contributed by atoms with Crippen molar-refractivity contribution in [2.75, 3.05) is 23.3 Å². The smallest absolute Gasteiger partial charge is 0.231 e. The molecule has 2 aromatic rings. The molecule has 5 nitrogen and oxygen atoms in total. The summed E-state index contributed by atoms with van der Waals surface area (Å²) in [6.45, 7) is 6.95. The van der Waals surface area contributed by atoms with E-state index in [4.69, 9.17) is 11.6 Å². The van der Waals surface area contributed by atoms with Crippen LogP contribution in [0.3, 0.4) is 0 Å². The van der Waals surface area contributed by atoms with Gasteiger partial charge in [-0.3, -0.25) is 0 Å². The molecule has 0 saturated carbocycles. The van der Waals surface area contributed by atoms with E-state index in [1.54, 1.807) is 11.3 Å². The van der Waals surface area contributed by atoms with Gasteiger partial charge in [-0.2, -0.15) is 15.0 Å². The number of nitrogens with zero attached hydrogens (tertiary/aromatic N) is 4. The van der Waals surface area contributed by atoms with Crippen molar-refractivity contribution in [2.24, 2.45) is 0 Å². The highest BCUT2D eigenvalue weighted by atomic mass is 35.5. The van der Waals surface area contributed by atoms with E-state index >= 15 is 0 Å². The molecule has 0 aromatic carbocycles. The summed E-state index contributed by atoms with van der Waals surface area (Å²) in [5.41, 5.74) is 1.32. The number of halogens is 1. The lowest BCUT2D eigenvalue weighted by atomic mass is 10.3. The van der Waals surface area contributed by atoms with Gasteiger partial charge in [0.05, 0.1) is 6.54 Å². The molecule has 3 heterocycles. The van der Waals surface area contributed by atoms with Crippen LogP contribution < -0.4 is 10.2 Å². The monoisotopic (exact) mass is 323 g/mol. The van der Waals surface area contributed by atoms with Crippen molar-refractivity contribution in [1.29, 1.82) is 0 Å². The first kappa shape index (κ1) is 14.5. The molecule has 1 aliphatic heterocycles. The van der Waals surface area contributed by atoms with E-state index in [1.807, 2.05) is 0 Å². The molecule has 112 valence electrons. The van der Waals surface area contributed by atoms with E-state index < -0.39 is 0 Å². The van der Waals surface area contributed by atoms with E-state index in [2.05, 4.69) is 45.1 Å². The van der Waals surface area contributed by atoms with Crippen molar-refractivity contribution >= 4 is 34.8 Å². The second-order valence-corrected chi connectivity index (χ2v) is 6.91. The average molecular weight is 324 g/mol. The Labute approximate surface area is 133 Å². The molecule has 1 aliphatic rings. The van der Waals surface area contributed by atoms with Crippen molar-refractivity contribution in [3.63, 3.8) is 0 Å². The van der Waals surface area contributed by atoms with Crippen LogP contribution in [0.15, 0.2) is 6.07 Å². The fraction of sp³-hybridized carbons (Fsp3) is 0.500. The number of hydrogen-bond donors (Lipinski definition) is 1. The normalized spacial score (nSPS) is 14.7. The van der Waals surface area contributed by atoms with Crippen molar-refractivity contribution < 1.29 is 0 Å². The summed E-state index contributed by atoms with van der Waals surface area (Å²) in [6, 6.07) is 2.19. The van der Waals surface area contributed by atoms with Gasteiger partial charge in [-0.15, -0.1) is 11.3 Å². The summed E-state index contributed by atoms with van der Waals surface area (Å²) in [7, 11) is 0. The lowest BCUT2D eigenvalue weighted by molar-refractivity contribution is 0.877. The Morgan fingerprint density at radius 3 is 2.67 bits per heavy atom. The van der Waals surface area contributed by atoms with Crippen molar-refractivity contribution in [3.8, 4) is 0 Å². The SMILES string of the molecule is Cc1cc(CNc2nc(Cl)nc(N3CCCC3)n2)sc1C. The number of aryl methyl sites for hydroxylation is 2. The highest BCUT2D eigenvalue weighted by Gasteiger charge is 2.17. The Hall–Kier alpha value is -1.40. The zero-order valence-corrected chi connectivity index (χ0v) is 13.8. The second-order valence-electron chi connectivity index (χ2n) is 5.23. The van der Waals surface area contributed by atoms with E-state index in [0.29, 0.717) is 18.4 Å². The molecule has 1 fully saturated rings.